The minimum Gasteiger partial charge on any atom is -0.385 e. The number of hydrogen-bond donors (Lipinski definition) is 2. The van der Waals surface area contributed by atoms with E-state index in [0.29, 0.717) is 12.6 Å². The van der Waals surface area contributed by atoms with E-state index in [2.05, 4.69) is 20.6 Å². The Morgan fingerprint density at radius 3 is 3.24 bits per heavy atom. The summed E-state index contributed by atoms with van der Waals surface area (Å²) in [5.74, 6) is 0.814. The third kappa shape index (κ3) is 6.41. The van der Waals surface area contributed by atoms with Crippen LogP contribution in [0.4, 0.5) is 0 Å². The Morgan fingerprint density at radius 1 is 1.57 bits per heavy atom. The highest BCUT2D eigenvalue weighted by molar-refractivity contribution is 7.07. The predicted octanol–water partition coefficient (Wildman–Crippen LogP) is 1.39. The van der Waals surface area contributed by atoms with Crippen molar-refractivity contribution in [3.05, 3.63) is 16.6 Å². The van der Waals surface area contributed by atoms with Crippen LogP contribution >= 0.6 is 11.3 Å². The van der Waals surface area contributed by atoms with Crippen molar-refractivity contribution >= 4 is 17.3 Å². The molecule has 6 nitrogen and oxygen atoms in total. The number of thiazole rings is 1. The molecule has 0 aromatic carbocycles. The van der Waals surface area contributed by atoms with Gasteiger partial charge in [0.1, 0.15) is 0 Å². The average Bonchev–Trinajstić information content (AvgIpc) is 3.18. The van der Waals surface area contributed by atoms with E-state index in [0.717, 1.165) is 57.2 Å². The lowest BCUT2D eigenvalue weighted by Gasteiger charge is -2.15. The van der Waals surface area contributed by atoms with Gasteiger partial charge in [0.15, 0.2) is 5.96 Å². The van der Waals surface area contributed by atoms with Crippen LogP contribution in [0, 0.1) is 0 Å². The van der Waals surface area contributed by atoms with Crippen molar-refractivity contribution in [2.75, 3.05) is 33.4 Å². The first kappa shape index (κ1) is 16.2. The number of nitrogens with one attached hydrogen (secondary N) is 2. The molecule has 2 N–H and O–H groups in total. The largest absolute Gasteiger partial charge is 0.385 e. The molecule has 7 heteroatoms. The molecule has 1 unspecified atom stereocenters. The Kier molecular flexibility index (Phi) is 7.48. The lowest BCUT2D eigenvalue weighted by Crippen LogP contribution is -2.41. The fourth-order valence-corrected chi connectivity index (χ4v) is 2.64. The summed E-state index contributed by atoms with van der Waals surface area (Å²) in [6.07, 6.45) is 3.53. The van der Waals surface area contributed by atoms with Gasteiger partial charge in [0, 0.05) is 38.8 Å². The van der Waals surface area contributed by atoms with Gasteiger partial charge in [-0.25, -0.2) is 9.98 Å². The van der Waals surface area contributed by atoms with E-state index in [4.69, 9.17) is 9.47 Å². The van der Waals surface area contributed by atoms with Crippen molar-refractivity contribution in [2.24, 2.45) is 4.99 Å². The summed E-state index contributed by atoms with van der Waals surface area (Å²) in [5.41, 5.74) is 2.83. The highest BCUT2D eigenvalue weighted by Crippen LogP contribution is 2.10. The fraction of sp³-hybridized carbons (Fsp3) is 0.714. The molecule has 21 heavy (non-hydrogen) atoms. The topological polar surface area (TPSA) is 67.8 Å². The van der Waals surface area contributed by atoms with Gasteiger partial charge in [-0.1, -0.05) is 0 Å². The number of methoxy groups -OCH3 is 1. The Balaban J connectivity index is 1.78. The van der Waals surface area contributed by atoms with E-state index in [1.54, 1.807) is 18.4 Å². The average molecular weight is 312 g/mol. The van der Waals surface area contributed by atoms with E-state index in [9.17, 15) is 0 Å². The van der Waals surface area contributed by atoms with Crippen LogP contribution in [0.3, 0.4) is 0 Å². The Hall–Kier alpha value is -1.18. The molecule has 1 fully saturated rings. The van der Waals surface area contributed by atoms with Gasteiger partial charge in [0.2, 0.25) is 0 Å². The van der Waals surface area contributed by atoms with Gasteiger partial charge < -0.3 is 20.1 Å². The lowest BCUT2D eigenvalue weighted by molar-refractivity contribution is 0.113. The molecule has 0 spiro atoms. The van der Waals surface area contributed by atoms with Crippen LogP contribution in [0.15, 0.2) is 15.9 Å². The highest BCUT2D eigenvalue weighted by atomic mass is 32.1. The monoisotopic (exact) mass is 312 g/mol. The normalized spacial score (nSPS) is 18.9. The van der Waals surface area contributed by atoms with E-state index >= 15 is 0 Å². The SMILES string of the molecule is COCCCNC(=NCc1cscn1)NCC1CCCO1. The number of aromatic nitrogens is 1. The van der Waals surface area contributed by atoms with Crippen molar-refractivity contribution < 1.29 is 9.47 Å². The molecule has 1 aliphatic heterocycles. The van der Waals surface area contributed by atoms with Gasteiger partial charge in [0.25, 0.3) is 0 Å². The minimum atomic E-state index is 0.301. The molecular formula is C14H24N4O2S. The second-order valence-electron chi connectivity index (χ2n) is 4.93. The second-order valence-corrected chi connectivity index (χ2v) is 5.65. The molecule has 2 rings (SSSR count). The predicted molar refractivity (Wildman–Crippen MR) is 84.7 cm³/mol. The van der Waals surface area contributed by atoms with Crippen LogP contribution < -0.4 is 10.6 Å². The first-order chi connectivity index (χ1) is 10.4. The molecule has 1 saturated heterocycles. The van der Waals surface area contributed by atoms with Crippen LogP contribution in [-0.2, 0) is 16.0 Å². The van der Waals surface area contributed by atoms with E-state index in [1.807, 2.05) is 10.9 Å². The number of guanidine groups is 1. The molecule has 1 aromatic heterocycles. The summed E-state index contributed by atoms with van der Waals surface area (Å²) < 4.78 is 10.7. The van der Waals surface area contributed by atoms with Gasteiger partial charge >= 0.3 is 0 Å². The second kappa shape index (κ2) is 9.70. The Morgan fingerprint density at radius 2 is 2.52 bits per heavy atom. The summed E-state index contributed by atoms with van der Waals surface area (Å²) in [7, 11) is 1.72. The summed E-state index contributed by atoms with van der Waals surface area (Å²) in [4.78, 5) is 8.81. The van der Waals surface area contributed by atoms with Crippen LogP contribution in [0.5, 0.6) is 0 Å². The highest BCUT2D eigenvalue weighted by Gasteiger charge is 2.15. The van der Waals surface area contributed by atoms with Crippen molar-refractivity contribution in [3.63, 3.8) is 0 Å². The molecule has 0 saturated carbocycles. The fourth-order valence-electron chi connectivity index (χ4n) is 2.09. The molecule has 2 heterocycles. The van der Waals surface area contributed by atoms with Crippen LogP contribution in [0.25, 0.3) is 0 Å². The van der Waals surface area contributed by atoms with E-state index < -0.39 is 0 Å². The van der Waals surface area contributed by atoms with E-state index in [-0.39, 0.29) is 0 Å². The zero-order chi connectivity index (χ0) is 14.8. The number of rotatable bonds is 8. The zero-order valence-electron chi connectivity index (χ0n) is 12.5. The first-order valence-electron chi connectivity index (χ1n) is 7.38. The maximum atomic E-state index is 5.62. The smallest absolute Gasteiger partial charge is 0.191 e. The number of ether oxygens (including phenoxy) is 2. The summed E-state index contributed by atoms with van der Waals surface area (Å²) >= 11 is 1.59. The minimum absolute atomic E-state index is 0.301. The first-order valence-corrected chi connectivity index (χ1v) is 8.32. The maximum absolute atomic E-state index is 5.62. The van der Waals surface area contributed by atoms with Crippen LogP contribution in [0.2, 0.25) is 0 Å². The van der Waals surface area contributed by atoms with Crippen molar-refractivity contribution in [3.8, 4) is 0 Å². The molecule has 0 aliphatic carbocycles. The molecule has 0 radical (unpaired) electrons. The standard InChI is InChI=1S/C14H24N4O2S/c1-19-6-3-5-15-14(16-8-12-10-21-11-18-12)17-9-13-4-2-7-20-13/h10-11,13H,2-9H2,1H3,(H2,15,16,17). The third-order valence-electron chi connectivity index (χ3n) is 3.22. The summed E-state index contributed by atoms with van der Waals surface area (Å²) in [5, 5.41) is 8.69. The van der Waals surface area contributed by atoms with Crippen molar-refractivity contribution in [1.82, 2.24) is 15.6 Å². The van der Waals surface area contributed by atoms with Crippen LogP contribution in [-0.4, -0.2) is 50.5 Å². The van der Waals surface area contributed by atoms with Crippen LogP contribution in [0.1, 0.15) is 25.0 Å². The van der Waals surface area contributed by atoms with E-state index in [1.165, 1.54) is 0 Å². The third-order valence-corrected chi connectivity index (χ3v) is 3.86. The Labute approximate surface area is 130 Å². The molecule has 118 valence electrons. The van der Waals surface area contributed by atoms with Crippen molar-refractivity contribution in [1.29, 1.82) is 0 Å². The van der Waals surface area contributed by atoms with Crippen molar-refractivity contribution in [2.45, 2.75) is 31.9 Å². The molecular weight excluding hydrogens is 288 g/mol. The number of nitrogens with zero attached hydrogens (tertiary/aromatic N) is 2. The van der Waals surface area contributed by atoms with Gasteiger partial charge in [-0.2, -0.15) is 0 Å². The Bertz CT molecular complexity index is 405. The number of aliphatic imine (C=N–C) groups is 1. The van der Waals surface area contributed by atoms with Gasteiger partial charge in [-0.15, -0.1) is 11.3 Å². The molecule has 1 aliphatic rings. The summed E-state index contributed by atoms with van der Waals surface area (Å²) in [6.45, 7) is 3.85. The zero-order valence-corrected chi connectivity index (χ0v) is 13.3. The summed E-state index contributed by atoms with van der Waals surface area (Å²) in [6, 6.07) is 0. The molecule has 0 amide bonds. The van der Waals surface area contributed by atoms with Gasteiger partial charge in [-0.05, 0) is 19.3 Å². The quantitative estimate of drug-likeness (QED) is 0.431. The van der Waals surface area contributed by atoms with Gasteiger partial charge in [0.05, 0.1) is 23.9 Å². The molecule has 1 aromatic rings. The molecule has 0 bridgehead atoms. The lowest BCUT2D eigenvalue weighted by atomic mass is 10.2. The number of hydrogen-bond acceptors (Lipinski definition) is 5. The van der Waals surface area contributed by atoms with Gasteiger partial charge in [-0.3, -0.25) is 0 Å². The molecule has 1 atom stereocenters. The maximum Gasteiger partial charge on any atom is 0.191 e.